The van der Waals surface area contributed by atoms with Crippen molar-refractivity contribution >= 4 is 25.7 Å². The number of phosphoric ester groups is 1. The number of rotatable bonds is 41. The lowest BCUT2D eigenvalue weighted by Crippen LogP contribution is -2.34. The van der Waals surface area contributed by atoms with E-state index in [1.54, 1.807) is 0 Å². The SMILES string of the molecule is CCCCCCCCCCCCCCCCCC(=O)OCC(COP(=O)(O)OCC(N)C(=O)O)OC(=O)CCCCCCC/C=C\CC(O)C(O)CCCCC. The number of hydrogen-bond donors (Lipinski definition) is 5. The number of carboxylic acid groups (broad SMARTS) is 1. The van der Waals surface area contributed by atoms with Crippen LogP contribution < -0.4 is 5.73 Å². The minimum Gasteiger partial charge on any atom is -0.480 e. The number of carbonyl (C=O) groups is 3. The first-order valence-electron chi connectivity index (χ1n) is 21.9. The Labute approximate surface area is 338 Å². The van der Waals surface area contributed by atoms with E-state index in [2.05, 4.69) is 18.4 Å². The van der Waals surface area contributed by atoms with Crippen LogP contribution in [0.4, 0.5) is 0 Å². The van der Waals surface area contributed by atoms with Gasteiger partial charge in [0, 0.05) is 12.8 Å². The molecule has 6 N–H and O–H groups in total. The molecule has 14 heteroatoms. The Bertz CT molecular complexity index is 1050. The molecule has 0 spiro atoms. The molecule has 0 heterocycles. The first-order chi connectivity index (χ1) is 26.9. The number of carbonyl (C=O) groups excluding carboxylic acids is 2. The number of ether oxygens (including phenoxy) is 2. The predicted octanol–water partition coefficient (Wildman–Crippen LogP) is 9.23. The van der Waals surface area contributed by atoms with Gasteiger partial charge in [0.1, 0.15) is 12.6 Å². The van der Waals surface area contributed by atoms with Gasteiger partial charge in [-0.15, -0.1) is 0 Å². The second kappa shape index (κ2) is 37.4. The van der Waals surface area contributed by atoms with Gasteiger partial charge in [-0.1, -0.05) is 154 Å². The molecule has 0 aromatic rings. The molecular weight excluding hydrogens is 741 g/mol. The summed E-state index contributed by atoms with van der Waals surface area (Å²) >= 11 is 0. The van der Waals surface area contributed by atoms with E-state index in [4.69, 9.17) is 24.8 Å². The first-order valence-corrected chi connectivity index (χ1v) is 23.4. The summed E-state index contributed by atoms with van der Waals surface area (Å²) in [5.41, 5.74) is 5.32. The fourth-order valence-corrected chi connectivity index (χ4v) is 6.87. The maximum atomic E-state index is 12.6. The number of hydrogen-bond acceptors (Lipinski definition) is 11. The van der Waals surface area contributed by atoms with E-state index < -0.39 is 63.3 Å². The van der Waals surface area contributed by atoms with Crippen molar-refractivity contribution in [3.8, 4) is 0 Å². The molecular formula is C42H80NO12P. The van der Waals surface area contributed by atoms with E-state index in [0.717, 1.165) is 70.6 Å². The van der Waals surface area contributed by atoms with Crippen LogP contribution in [0.2, 0.25) is 0 Å². The highest BCUT2D eigenvalue weighted by molar-refractivity contribution is 7.47. The Morgan fingerprint density at radius 3 is 1.61 bits per heavy atom. The van der Waals surface area contributed by atoms with Gasteiger partial charge in [0.15, 0.2) is 6.10 Å². The minimum atomic E-state index is -4.74. The summed E-state index contributed by atoms with van der Waals surface area (Å²) in [6.07, 6.45) is 29.0. The summed E-state index contributed by atoms with van der Waals surface area (Å²) < 4.78 is 32.6. The Kier molecular flexibility index (Phi) is 36.2. The Hall–Kier alpha value is -1.86. The molecule has 0 aliphatic heterocycles. The summed E-state index contributed by atoms with van der Waals surface area (Å²) in [6.45, 7) is 2.58. The van der Waals surface area contributed by atoms with Gasteiger partial charge in [-0.3, -0.25) is 23.4 Å². The van der Waals surface area contributed by atoms with Gasteiger partial charge in [-0.2, -0.15) is 0 Å². The Balaban J connectivity index is 4.43. The number of esters is 2. The van der Waals surface area contributed by atoms with Crippen LogP contribution in [-0.4, -0.2) is 82.3 Å². The Morgan fingerprint density at radius 1 is 0.607 bits per heavy atom. The molecule has 0 amide bonds. The summed E-state index contributed by atoms with van der Waals surface area (Å²) in [7, 11) is -4.74. The smallest absolute Gasteiger partial charge is 0.472 e. The van der Waals surface area contributed by atoms with Crippen LogP contribution in [0.1, 0.15) is 194 Å². The van der Waals surface area contributed by atoms with E-state index in [9.17, 15) is 34.1 Å². The third kappa shape index (κ3) is 35.3. The van der Waals surface area contributed by atoms with Gasteiger partial charge in [0.2, 0.25) is 0 Å². The average molecular weight is 822 g/mol. The van der Waals surface area contributed by atoms with Crippen molar-refractivity contribution in [3.63, 3.8) is 0 Å². The molecule has 5 atom stereocenters. The first kappa shape index (κ1) is 54.1. The monoisotopic (exact) mass is 822 g/mol. The Morgan fingerprint density at radius 2 is 1.07 bits per heavy atom. The highest BCUT2D eigenvalue weighted by Gasteiger charge is 2.28. The van der Waals surface area contributed by atoms with Crippen molar-refractivity contribution in [2.75, 3.05) is 19.8 Å². The van der Waals surface area contributed by atoms with Crippen LogP contribution >= 0.6 is 7.82 Å². The lowest BCUT2D eigenvalue weighted by atomic mass is 10.0. The lowest BCUT2D eigenvalue weighted by molar-refractivity contribution is -0.161. The molecule has 330 valence electrons. The van der Waals surface area contributed by atoms with Crippen LogP contribution in [0, 0.1) is 0 Å². The molecule has 0 saturated heterocycles. The van der Waals surface area contributed by atoms with Gasteiger partial charge in [-0.05, 0) is 38.5 Å². The topological polar surface area (TPSA) is 212 Å². The zero-order valence-electron chi connectivity index (χ0n) is 35.0. The van der Waals surface area contributed by atoms with E-state index in [0.29, 0.717) is 25.7 Å². The maximum Gasteiger partial charge on any atom is 0.472 e. The summed E-state index contributed by atoms with van der Waals surface area (Å²) in [5.74, 6) is -2.46. The zero-order chi connectivity index (χ0) is 41.7. The minimum absolute atomic E-state index is 0.0999. The van der Waals surface area contributed by atoms with Crippen molar-refractivity contribution in [2.45, 2.75) is 218 Å². The fourth-order valence-electron chi connectivity index (χ4n) is 6.09. The highest BCUT2D eigenvalue weighted by Crippen LogP contribution is 2.43. The van der Waals surface area contributed by atoms with Crippen LogP contribution in [0.3, 0.4) is 0 Å². The molecule has 0 aromatic heterocycles. The van der Waals surface area contributed by atoms with E-state index >= 15 is 0 Å². The molecule has 0 bridgehead atoms. The largest absolute Gasteiger partial charge is 0.480 e. The number of allylic oxidation sites excluding steroid dienone is 1. The second-order valence-electron chi connectivity index (χ2n) is 15.1. The number of nitrogens with two attached hydrogens (primary N) is 1. The number of phosphoric acid groups is 1. The highest BCUT2D eigenvalue weighted by atomic mass is 31.2. The average Bonchev–Trinajstić information content (AvgIpc) is 3.17. The number of aliphatic hydroxyl groups is 2. The molecule has 13 nitrogen and oxygen atoms in total. The van der Waals surface area contributed by atoms with Crippen LogP contribution in [0.15, 0.2) is 12.2 Å². The van der Waals surface area contributed by atoms with Gasteiger partial charge in [0.05, 0.1) is 25.4 Å². The third-order valence-electron chi connectivity index (χ3n) is 9.71. The predicted molar refractivity (Wildman–Crippen MR) is 220 cm³/mol. The van der Waals surface area contributed by atoms with Crippen LogP contribution in [0.25, 0.3) is 0 Å². The molecule has 0 saturated carbocycles. The number of unbranched alkanes of at least 4 members (excludes halogenated alkanes) is 21. The molecule has 0 aliphatic carbocycles. The van der Waals surface area contributed by atoms with Crippen molar-refractivity contribution < 1.29 is 57.7 Å². The molecule has 0 rings (SSSR count). The number of aliphatic hydroxyl groups excluding tert-OH is 2. The molecule has 0 aliphatic rings. The van der Waals surface area contributed by atoms with Crippen LogP contribution in [0.5, 0.6) is 0 Å². The van der Waals surface area contributed by atoms with E-state index in [1.165, 1.54) is 70.6 Å². The van der Waals surface area contributed by atoms with Crippen molar-refractivity contribution in [1.82, 2.24) is 0 Å². The molecule has 56 heavy (non-hydrogen) atoms. The summed E-state index contributed by atoms with van der Waals surface area (Å²) in [5, 5.41) is 29.0. The maximum absolute atomic E-state index is 12.6. The normalized spacial score (nSPS) is 15.0. The summed E-state index contributed by atoms with van der Waals surface area (Å²) in [4.78, 5) is 45.9. The van der Waals surface area contributed by atoms with Gasteiger partial charge < -0.3 is 35.4 Å². The van der Waals surface area contributed by atoms with Crippen molar-refractivity contribution in [2.24, 2.45) is 5.73 Å². The quantitative estimate of drug-likeness (QED) is 0.0169. The molecule has 0 radical (unpaired) electrons. The fraction of sp³-hybridized carbons (Fsp3) is 0.881. The molecule has 0 aromatic carbocycles. The number of carboxylic acids is 1. The molecule has 5 unspecified atom stereocenters. The van der Waals surface area contributed by atoms with Crippen molar-refractivity contribution in [1.29, 1.82) is 0 Å². The zero-order valence-corrected chi connectivity index (χ0v) is 35.9. The van der Waals surface area contributed by atoms with Gasteiger partial charge in [-0.25, -0.2) is 4.57 Å². The molecule has 0 fully saturated rings. The summed E-state index contributed by atoms with van der Waals surface area (Å²) in [6, 6.07) is -1.54. The third-order valence-corrected chi connectivity index (χ3v) is 10.7. The van der Waals surface area contributed by atoms with E-state index in [-0.39, 0.29) is 19.4 Å². The number of aliphatic carboxylic acids is 1. The lowest BCUT2D eigenvalue weighted by Gasteiger charge is -2.20. The standard InChI is InChI=1S/C42H80NO12P/c1-3-5-7-8-9-10-11-12-13-14-15-16-20-23-27-31-40(46)52-33-36(34-53-56(50,51)54-35-37(43)42(48)49)55-41(47)32-28-24-21-18-17-19-22-26-30-39(45)38(44)29-25-6-4-2/h22,26,36-39,44-45H,3-21,23-25,27-35,43H2,1-2H3,(H,48,49)(H,50,51)/b26-22-. The second-order valence-corrected chi connectivity index (χ2v) is 16.6. The van der Waals surface area contributed by atoms with Crippen LogP contribution in [-0.2, 0) is 37.5 Å². The van der Waals surface area contributed by atoms with Gasteiger partial charge in [0.25, 0.3) is 0 Å². The van der Waals surface area contributed by atoms with Crippen molar-refractivity contribution in [3.05, 3.63) is 12.2 Å². The van der Waals surface area contributed by atoms with Gasteiger partial charge >= 0.3 is 25.7 Å². The van der Waals surface area contributed by atoms with E-state index in [1.807, 2.05) is 12.2 Å².